The van der Waals surface area contributed by atoms with E-state index >= 15 is 0 Å². The molecule has 0 spiro atoms. The maximum absolute atomic E-state index is 8.25. The Bertz CT molecular complexity index is 114. The third kappa shape index (κ3) is 260. The average Bonchev–Trinajstić information content (AvgIpc) is 1.54. The molecule has 0 rings (SSSR count). The van der Waals surface area contributed by atoms with E-state index in [0.29, 0.717) is 0 Å². The van der Waals surface area contributed by atoms with Gasteiger partial charge in [-0.2, -0.15) is 0 Å². The second kappa shape index (κ2) is 22.5. The van der Waals surface area contributed by atoms with Crippen LogP contribution >= 0.6 is 0 Å². The van der Waals surface area contributed by atoms with Gasteiger partial charge in [-0.3, -0.25) is 0 Å². The molecule has 0 aliphatic carbocycles. The Labute approximate surface area is 87.6 Å². The third-order valence-corrected chi connectivity index (χ3v) is 0. The van der Waals surface area contributed by atoms with Crippen molar-refractivity contribution in [1.29, 1.82) is 0 Å². The van der Waals surface area contributed by atoms with Crippen LogP contribution in [0.25, 0.3) is 0 Å². The van der Waals surface area contributed by atoms with Gasteiger partial charge in [0.15, 0.2) is 0 Å². The van der Waals surface area contributed by atoms with Gasteiger partial charge in [-0.25, -0.2) is 0 Å². The minimum atomic E-state index is -1.75. The first kappa shape index (κ1) is 29.5. The van der Waals surface area contributed by atoms with Crippen molar-refractivity contribution in [3.05, 3.63) is 46.0 Å². The summed E-state index contributed by atoms with van der Waals surface area (Å²) < 4.78 is 0. The van der Waals surface area contributed by atoms with E-state index in [1.54, 1.807) is 0 Å². The molecule has 0 saturated carbocycles. The molecular formula is H4N4O9Zn. The van der Waals surface area contributed by atoms with Crippen molar-refractivity contribution in [2.24, 2.45) is 0 Å². The predicted molar refractivity (Wildman–Crippen MR) is 37.1 cm³/mol. The van der Waals surface area contributed by atoms with Crippen LogP contribution in [0.15, 0.2) is 0 Å². The number of hydrogen-bond acceptors (Lipinski definition) is 9. The van der Waals surface area contributed by atoms with Crippen molar-refractivity contribution >= 4 is 0 Å². The monoisotopic (exact) mass is 268 g/mol. The summed E-state index contributed by atoms with van der Waals surface area (Å²) in [5.41, 5.74) is 0. The first-order chi connectivity index (χ1) is 5.20. The van der Waals surface area contributed by atoms with Gasteiger partial charge in [0.1, 0.15) is 0 Å². The molecule has 0 aromatic rings. The summed E-state index contributed by atoms with van der Waals surface area (Å²) in [6.07, 6.45) is 0. The third-order valence-electron chi connectivity index (χ3n) is 0. The Kier molecular flexibility index (Phi) is 47.4. The zero-order valence-corrected chi connectivity index (χ0v) is 9.69. The second-order valence-electron chi connectivity index (χ2n) is 0.671. The molecule has 0 atom stereocenters. The van der Waals surface area contributed by atoms with Crippen LogP contribution in [0.5, 0.6) is 0 Å². The molecular weight excluding hydrogens is 265 g/mol. The molecule has 0 heterocycles. The fraction of sp³-hybridized carbons (Fsp3) is 0. The van der Waals surface area contributed by atoms with E-state index in [0.717, 1.165) is 0 Å². The molecule has 0 radical (unpaired) electrons. The summed E-state index contributed by atoms with van der Waals surface area (Å²) in [4.78, 5) is 24.8. The van der Waals surface area contributed by atoms with Crippen LogP contribution in [0.1, 0.15) is 0 Å². The van der Waals surface area contributed by atoms with Crippen LogP contribution in [0.4, 0.5) is 0 Å². The van der Waals surface area contributed by atoms with E-state index in [1.807, 2.05) is 0 Å². The van der Waals surface area contributed by atoms with Crippen LogP contribution < -0.4 is 6.15 Å². The average molecular weight is 269 g/mol. The molecule has 0 aliphatic heterocycles. The molecule has 0 aromatic carbocycles. The fourth-order valence-corrected chi connectivity index (χ4v) is 0. The van der Waals surface area contributed by atoms with Crippen molar-refractivity contribution in [3.8, 4) is 0 Å². The van der Waals surface area contributed by atoms with E-state index in [4.69, 9.17) is 46.0 Å². The first-order valence-electron chi connectivity index (χ1n) is 1.64. The molecule has 0 bridgehead atoms. The van der Waals surface area contributed by atoms with E-state index in [1.165, 1.54) is 0 Å². The van der Waals surface area contributed by atoms with E-state index in [9.17, 15) is 0 Å². The Morgan fingerprint density at radius 3 is 0.571 bits per heavy atom. The van der Waals surface area contributed by atoms with Gasteiger partial charge in [-0.1, -0.05) is 0 Å². The number of hydrogen-bond donors (Lipinski definition) is 1. The number of rotatable bonds is 0. The second-order valence-corrected chi connectivity index (χ2v) is 0.671. The van der Waals surface area contributed by atoms with Gasteiger partial charge in [0.2, 0.25) is 0 Å². The van der Waals surface area contributed by atoms with Crippen molar-refractivity contribution in [3.63, 3.8) is 0 Å². The topological polar surface area (TPSA) is 235 Å². The Morgan fingerprint density at radius 2 is 0.571 bits per heavy atom. The Balaban J connectivity index is -0.0000000270. The molecule has 80 valence electrons. The van der Waals surface area contributed by atoms with Crippen molar-refractivity contribution in [2.75, 3.05) is 0 Å². The van der Waals surface area contributed by atoms with Gasteiger partial charge in [-0.05, 0) is 0 Å². The number of quaternary nitrogens is 1. The molecule has 0 saturated heterocycles. The molecule has 0 unspecified atom stereocenters. The van der Waals surface area contributed by atoms with E-state index in [-0.39, 0.29) is 25.6 Å². The van der Waals surface area contributed by atoms with Crippen molar-refractivity contribution in [2.45, 2.75) is 0 Å². The smallest absolute Gasteiger partial charge is 0.369 e. The van der Waals surface area contributed by atoms with Gasteiger partial charge in [0.25, 0.3) is 0 Å². The normalized spacial score (nSPS) is 5.14. The van der Waals surface area contributed by atoms with Gasteiger partial charge >= 0.3 is 19.5 Å². The van der Waals surface area contributed by atoms with Gasteiger partial charge < -0.3 is 52.1 Å². The maximum atomic E-state index is 8.25. The maximum Gasteiger partial charge on any atom is 2.00 e. The summed E-state index contributed by atoms with van der Waals surface area (Å²) in [6, 6.07) is 0. The molecule has 4 N–H and O–H groups in total. The fourth-order valence-electron chi connectivity index (χ4n) is 0. The van der Waals surface area contributed by atoms with Crippen LogP contribution in [-0.4, -0.2) is 15.3 Å². The van der Waals surface area contributed by atoms with Gasteiger partial charge in [0, 0.05) is 0 Å². The predicted octanol–water partition coefficient (Wildman–Crippen LogP) is -0.344. The standard InChI is InChI=1S/3NO3.H3N.Zn/c3*2-1(3)4;;/h;;;1H3;/q3*-1;;+2/p+1. The van der Waals surface area contributed by atoms with Crippen LogP contribution in [0, 0.1) is 46.0 Å². The van der Waals surface area contributed by atoms with Crippen LogP contribution in [0.3, 0.4) is 0 Å². The minimum Gasteiger partial charge on any atom is -0.369 e. The summed E-state index contributed by atoms with van der Waals surface area (Å²) in [6.45, 7) is 0. The largest absolute Gasteiger partial charge is 2.00 e. The summed E-state index contributed by atoms with van der Waals surface area (Å²) in [7, 11) is 0. The molecule has 14 heteroatoms. The van der Waals surface area contributed by atoms with Gasteiger partial charge in [0.05, 0.1) is 15.3 Å². The SMILES string of the molecule is O=[N+]([O-])[O-].O=[N+]([O-])[O-].O=[N+]([O-])[O-].[NH4+].[Zn+2]. The van der Waals surface area contributed by atoms with Crippen molar-refractivity contribution in [1.82, 2.24) is 6.15 Å². The molecule has 14 heavy (non-hydrogen) atoms. The number of nitrogens with zero attached hydrogens (tertiary/aromatic N) is 3. The minimum absolute atomic E-state index is 0. The van der Waals surface area contributed by atoms with Crippen molar-refractivity contribution < 1.29 is 34.7 Å². The molecule has 0 aliphatic rings. The molecule has 13 nitrogen and oxygen atoms in total. The van der Waals surface area contributed by atoms with E-state index < -0.39 is 15.3 Å². The molecule has 0 aromatic heterocycles. The quantitative estimate of drug-likeness (QED) is 0.343. The summed E-state index contributed by atoms with van der Waals surface area (Å²) >= 11 is 0. The zero-order valence-electron chi connectivity index (χ0n) is 6.72. The van der Waals surface area contributed by atoms with Crippen LogP contribution in [-0.2, 0) is 19.5 Å². The van der Waals surface area contributed by atoms with E-state index in [2.05, 4.69) is 0 Å². The van der Waals surface area contributed by atoms with Gasteiger partial charge in [-0.15, -0.1) is 0 Å². The van der Waals surface area contributed by atoms with Crippen LogP contribution in [0.2, 0.25) is 0 Å². The zero-order chi connectivity index (χ0) is 10.7. The molecule has 0 fully saturated rings. The molecule has 0 amide bonds. The first-order valence-corrected chi connectivity index (χ1v) is 1.64. The Hall–Kier alpha value is -1.82. The summed E-state index contributed by atoms with van der Waals surface area (Å²) in [5, 5.41) is 44.2. The Morgan fingerprint density at radius 1 is 0.571 bits per heavy atom. The summed E-state index contributed by atoms with van der Waals surface area (Å²) in [5.74, 6) is 0.